The first-order valence-electron chi connectivity index (χ1n) is 9.33. The number of imide groups is 1. The number of anilines is 1. The summed E-state index contributed by atoms with van der Waals surface area (Å²) >= 11 is 1.12. The van der Waals surface area contributed by atoms with Crippen LogP contribution in [0, 0.1) is 25.2 Å². The number of nitrogens with zero attached hydrogens (tertiary/aromatic N) is 7. The van der Waals surface area contributed by atoms with E-state index < -0.39 is 23.4 Å². The lowest BCUT2D eigenvalue weighted by Crippen LogP contribution is -2.36. The fourth-order valence-electron chi connectivity index (χ4n) is 3.59. The zero-order valence-electron chi connectivity index (χ0n) is 17.2. The summed E-state index contributed by atoms with van der Waals surface area (Å²) < 4.78 is 6.98. The third kappa shape index (κ3) is 3.44. The van der Waals surface area contributed by atoms with Crippen LogP contribution in [0.4, 0.5) is 15.5 Å². The summed E-state index contributed by atoms with van der Waals surface area (Å²) in [5.41, 5.74) is 3.18. The summed E-state index contributed by atoms with van der Waals surface area (Å²) in [5, 5.41) is 33.0. The van der Waals surface area contributed by atoms with E-state index >= 15 is 0 Å². The summed E-state index contributed by atoms with van der Waals surface area (Å²) in [5.74, 6) is 0.160. The number of carbonyl (C=O) groups is 2. The third-order valence-electron chi connectivity index (χ3n) is 5.03. The summed E-state index contributed by atoms with van der Waals surface area (Å²) in [6, 6.07) is 2.15. The molecule has 32 heavy (non-hydrogen) atoms. The average molecular weight is 455 g/mol. The number of thioether (sulfide) groups is 1. The first-order valence-corrected chi connectivity index (χ1v) is 10.2. The molecule has 2 amide bonds. The van der Waals surface area contributed by atoms with E-state index in [0.717, 1.165) is 22.9 Å². The maximum absolute atomic E-state index is 11.5. The molecule has 4 heterocycles. The number of aryl methyl sites for hydroxylation is 1. The van der Waals surface area contributed by atoms with Crippen LogP contribution in [0.25, 0.3) is 11.0 Å². The van der Waals surface area contributed by atoms with Gasteiger partial charge in [0.05, 0.1) is 36.5 Å². The monoisotopic (exact) mass is 455 g/mol. The van der Waals surface area contributed by atoms with Gasteiger partial charge in [-0.3, -0.25) is 4.98 Å². The normalized spacial score (nSPS) is 14.8. The Morgan fingerprint density at radius 1 is 1.34 bits per heavy atom. The van der Waals surface area contributed by atoms with Crippen molar-refractivity contribution in [2.45, 2.75) is 37.1 Å². The number of pyridine rings is 1. The molecule has 0 aromatic carbocycles. The van der Waals surface area contributed by atoms with Gasteiger partial charge in [0, 0.05) is 23.7 Å². The van der Waals surface area contributed by atoms with Crippen molar-refractivity contribution in [3.63, 3.8) is 0 Å². The second-order valence-electron chi connectivity index (χ2n) is 7.02. The molecule has 12 nitrogen and oxygen atoms in total. The van der Waals surface area contributed by atoms with E-state index in [2.05, 4.69) is 26.1 Å². The number of hydrogen-bond acceptors (Lipinski definition) is 9. The Morgan fingerprint density at radius 3 is 2.69 bits per heavy atom. The van der Waals surface area contributed by atoms with Crippen LogP contribution >= 0.6 is 11.8 Å². The van der Waals surface area contributed by atoms with Crippen LogP contribution in [0.3, 0.4) is 0 Å². The van der Waals surface area contributed by atoms with Gasteiger partial charge < -0.3 is 14.9 Å². The molecule has 1 unspecified atom stereocenters. The predicted molar refractivity (Wildman–Crippen MR) is 112 cm³/mol. The van der Waals surface area contributed by atoms with Gasteiger partial charge in [0.1, 0.15) is 16.0 Å². The maximum atomic E-state index is 11.5. The molecule has 1 atom stereocenters. The van der Waals surface area contributed by atoms with Crippen molar-refractivity contribution in [1.82, 2.24) is 24.7 Å². The van der Waals surface area contributed by atoms with Crippen LogP contribution < -0.4 is 9.64 Å². The highest BCUT2D eigenvalue weighted by Gasteiger charge is 2.32. The molecule has 4 rings (SSSR count). The second-order valence-corrected chi connectivity index (χ2v) is 8.21. The number of amides is 2. The molecule has 3 aromatic rings. The minimum absolute atomic E-state index is 0.0297. The molecule has 164 valence electrons. The molecular formula is C19H17N7O5S. The van der Waals surface area contributed by atoms with Gasteiger partial charge in [0.15, 0.2) is 5.65 Å². The lowest BCUT2D eigenvalue weighted by Gasteiger charge is -2.17. The average Bonchev–Trinajstić information content (AvgIpc) is 3.08. The van der Waals surface area contributed by atoms with Crippen molar-refractivity contribution in [3.05, 3.63) is 28.7 Å². The Hall–Kier alpha value is -3.92. The summed E-state index contributed by atoms with van der Waals surface area (Å²) in [7, 11) is 1.57. The van der Waals surface area contributed by atoms with Crippen LogP contribution in [-0.2, 0) is 13.0 Å². The van der Waals surface area contributed by atoms with Gasteiger partial charge in [-0.05, 0) is 13.8 Å². The summed E-state index contributed by atoms with van der Waals surface area (Å²) in [6.07, 6.45) is -1.45. The Labute approximate surface area is 185 Å². The number of nitriles is 1. The fourth-order valence-corrected chi connectivity index (χ4v) is 4.61. The molecule has 0 aliphatic carbocycles. The SMILES string of the molecule is COc1c(C)cnc(Cn2nc3c4c(nc(N(C(=O)O)C(=O)O)nc42)SC(C#N)C3)c1C. The van der Waals surface area contributed by atoms with Crippen LogP contribution in [0.5, 0.6) is 5.75 Å². The van der Waals surface area contributed by atoms with E-state index in [1.165, 1.54) is 4.68 Å². The number of hydrogen-bond donors (Lipinski definition) is 2. The Morgan fingerprint density at radius 2 is 2.06 bits per heavy atom. The topological polar surface area (TPSA) is 167 Å². The van der Waals surface area contributed by atoms with E-state index in [0.29, 0.717) is 34.0 Å². The Balaban J connectivity index is 1.91. The molecule has 0 bridgehead atoms. The number of carboxylic acid groups (broad SMARTS) is 2. The zero-order chi connectivity index (χ0) is 23.2. The third-order valence-corrected chi connectivity index (χ3v) is 6.10. The molecule has 0 fully saturated rings. The number of ether oxygens (including phenoxy) is 1. The largest absolute Gasteiger partial charge is 0.496 e. The van der Waals surface area contributed by atoms with E-state index in [-0.39, 0.29) is 17.1 Å². The molecular weight excluding hydrogens is 438 g/mol. The van der Waals surface area contributed by atoms with Crippen LogP contribution in [0.15, 0.2) is 11.2 Å². The molecule has 2 N–H and O–H groups in total. The van der Waals surface area contributed by atoms with Crippen LogP contribution in [0.2, 0.25) is 0 Å². The van der Waals surface area contributed by atoms with E-state index in [4.69, 9.17) is 4.74 Å². The van der Waals surface area contributed by atoms with E-state index in [9.17, 15) is 25.1 Å². The predicted octanol–water partition coefficient (Wildman–Crippen LogP) is 2.60. The Bertz CT molecular complexity index is 1300. The second kappa shape index (κ2) is 7.97. The first-order chi connectivity index (χ1) is 15.2. The highest BCUT2D eigenvalue weighted by Crippen LogP contribution is 2.39. The van der Waals surface area contributed by atoms with Crippen molar-refractivity contribution in [2.24, 2.45) is 0 Å². The van der Waals surface area contributed by atoms with Gasteiger partial charge in [0.2, 0.25) is 5.95 Å². The zero-order valence-corrected chi connectivity index (χ0v) is 18.0. The molecule has 0 saturated heterocycles. The number of methoxy groups -OCH3 is 1. The van der Waals surface area contributed by atoms with Gasteiger partial charge in [-0.15, -0.1) is 4.90 Å². The quantitative estimate of drug-likeness (QED) is 0.555. The fraction of sp³-hybridized carbons (Fsp3) is 0.316. The number of rotatable bonds is 4. The molecule has 1 aliphatic rings. The van der Waals surface area contributed by atoms with Crippen molar-refractivity contribution < 1.29 is 24.5 Å². The standard InChI is InChI=1S/C19H17N7O5S/c1-8-6-21-12(9(2)14(8)31-3)7-25-15-13-11(24-25)4-10(5-20)32-16(13)23-17(22-15)26(18(27)28)19(29)30/h6,10H,4,7H2,1-3H3,(H,27,28)(H,29,30). The van der Waals surface area contributed by atoms with Gasteiger partial charge in [-0.1, -0.05) is 11.8 Å². The molecule has 0 spiro atoms. The Kier molecular flexibility index (Phi) is 5.31. The minimum atomic E-state index is -1.74. The minimum Gasteiger partial charge on any atom is -0.496 e. The van der Waals surface area contributed by atoms with E-state index in [1.54, 1.807) is 13.3 Å². The molecule has 0 radical (unpaired) electrons. The lowest BCUT2D eigenvalue weighted by molar-refractivity contribution is 0.183. The highest BCUT2D eigenvalue weighted by molar-refractivity contribution is 8.00. The van der Waals surface area contributed by atoms with Crippen molar-refractivity contribution >= 4 is 40.9 Å². The smallest absolute Gasteiger partial charge is 0.424 e. The van der Waals surface area contributed by atoms with Crippen molar-refractivity contribution in [1.29, 1.82) is 5.26 Å². The van der Waals surface area contributed by atoms with Gasteiger partial charge in [-0.2, -0.15) is 15.3 Å². The van der Waals surface area contributed by atoms with Gasteiger partial charge in [0.25, 0.3) is 0 Å². The molecule has 3 aromatic heterocycles. The van der Waals surface area contributed by atoms with Gasteiger partial charge >= 0.3 is 12.2 Å². The summed E-state index contributed by atoms with van der Waals surface area (Å²) in [4.78, 5) is 35.8. The van der Waals surface area contributed by atoms with Crippen LogP contribution in [-0.4, -0.2) is 59.5 Å². The van der Waals surface area contributed by atoms with Gasteiger partial charge in [-0.25, -0.2) is 19.3 Å². The van der Waals surface area contributed by atoms with Crippen LogP contribution in [0.1, 0.15) is 22.5 Å². The highest BCUT2D eigenvalue weighted by atomic mass is 32.2. The summed E-state index contributed by atoms with van der Waals surface area (Å²) in [6.45, 7) is 3.92. The number of aromatic nitrogens is 5. The van der Waals surface area contributed by atoms with Crippen molar-refractivity contribution in [2.75, 3.05) is 12.0 Å². The lowest BCUT2D eigenvalue weighted by atomic mass is 10.1. The maximum Gasteiger partial charge on any atom is 0.424 e. The molecule has 0 saturated carbocycles. The molecule has 1 aliphatic heterocycles. The van der Waals surface area contributed by atoms with Crippen molar-refractivity contribution in [3.8, 4) is 11.8 Å². The van der Waals surface area contributed by atoms with E-state index in [1.807, 2.05) is 13.8 Å². The first kappa shape index (κ1) is 21.3. The molecule has 13 heteroatoms.